The third kappa shape index (κ3) is 6.35. The molecule has 2 aliphatic heterocycles. The average molecular weight is 656 g/mol. The minimum atomic E-state index is -0.882. The Balaban J connectivity index is 1.27. The fourth-order valence-corrected chi connectivity index (χ4v) is 6.84. The lowest BCUT2D eigenvalue weighted by atomic mass is 9.98. The number of fused-ring (bicyclic) bond motifs is 2. The first-order chi connectivity index (χ1) is 23.9. The van der Waals surface area contributed by atoms with Crippen molar-refractivity contribution in [2.75, 3.05) is 19.6 Å². The number of hydrogen-bond acceptors (Lipinski definition) is 6. The number of rotatable bonds is 9. The van der Waals surface area contributed by atoms with Gasteiger partial charge >= 0.3 is 6.03 Å². The monoisotopic (exact) mass is 655 g/mol. The smallest absolute Gasteiger partial charge is 0.334 e. The van der Waals surface area contributed by atoms with Crippen molar-refractivity contribution < 1.29 is 19.5 Å². The summed E-state index contributed by atoms with van der Waals surface area (Å²) in [5.41, 5.74) is 3.55. The summed E-state index contributed by atoms with van der Waals surface area (Å²) in [4.78, 5) is 50.4. The van der Waals surface area contributed by atoms with E-state index >= 15 is 0 Å². The number of carbonyl (C=O) groups excluding carboxylic acids is 3. The van der Waals surface area contributed by atoms with Crippen molar-refractivity contribution in [2.24, 2.45) is 0 Å². The zero-order valence-corrected chi connectivity index (χ0v) is 26.9. The Bertz CT molecular complexity index is 1980. The van der Waals surface area contributed by atoms with Gasteiger partial charge in [0.05, 0.1) is 18.6 Å². The van der Waals surface area contributed by atoms with E-state index in [1.807, 2.05) is 83.6 Å². The highest BCUT2D eigenvalue weighted by Gasteiger charge is 2.51. The van der Waals surface area contributed by atoms with Crippen molar-refractivity contribution in [3.05, 3.63) is 139 Å². The molecule has 0 radical (unpaired) electrons. The summed E-state index contributed by atoms with van der Waals surface area (Å²) in [6, 6.07) is 28.7. The Morgan fingerprint density at radius 3 is 2.49 bits per heavy atom. The third-order valence-corrected chi connectivity index (χ3v) is 9.08. The van der Waals surface area contributed by atoms with Gasteiger partial charge in [0.25, 0.3) is 0 Å². The molecule has 0 aliphatic carbocycles. The summed E-state index contributed by atoms with van der Waals surface area (Å²) in [6.07, 6.45) is 4.81. The maximum Gasteiger partial charge on any atom is 0.334 e. The molecule has 2 aliphatic rings. The molecule has 0 saturated carbocycles. The van der Waals surface area contributed by atoms with E-state index < -0.39 is 12.2 Å². The number of nitrogens with zero attached hydrogens (tertiary/aromatic N) is 6. The topological polar surface area (TPSA) is 114 Å². The number of para-hydroxylation sites is 1. The first-order valence-electron chi connectivity index (χ1n) is 16.3. The summed E-state index contributed by atoms with van der Waals surface area (Å²) < 4.78 is 2.01. The number of phenols is 1. The fraction of sp³-hybridized carbons (Fsp3) is 0.211. The van der Waals surface area contributed by atoms with Crippen molar-refractivity contribution in [3.63, 3.8) is 0 Å². The number of piperazine rings is 1. The van der Waals surface area contributed by atoms with Gasteiger partial charge < -0.3 is 24.8 Å². The van der Waals surface area contributed by atoms with Crippen LogP contribution in [0.15, 0.2) is 122 Å². The van der Waals surface area contributed by atoms with Gasteiger partial charge in [-0.25, -0.2) is 19.8 Å². The van der Waals surface area contributed by atoms with E-state index in [1.54, 1.807) is 56.4 Å². The van der Waals surface area contributed by atoms with Gasteiger partial charge in [-0.3, -0.25) is 9.59 Å². The van der Waals surface area contributed by atoms with Gasteiger partial charge in [0.1, 0.15) is 23.8 Å². The Labute approximate surface area is 284 Å². The summed E-state index contributed by atoms with van der Waals surface area (Å²) in [6.45, 7) is 4.70. The molecule has 5 aromatic rings. The number of pyridine rings is 1. The second-order valence-electron chi connectivity index (χ2n) is 12.2. The van der Waals surface area contributed by atoms with Crippen molar-refractivity contribution in [1.82, 2.24) is 34.7 Å². The number of carbonyl (C=O) groups is 3. The SMILES string of the molecule is C=CCN1CC(=O)N2[C@@H](Cc3ccc(O)cc3)C(=O)N(Cc3cccc4ccn(-c5ccccn5)c34)C[C@@H]2N1C(=O)NCc1ccccc1. The molecule has 11 nitrogen and oxygen atoms in total. The molecule has 3 aromatic carbocycles. The molecule has 4 heterocycles. The van der Waals surface area contributed by atoms with Crippen LogP contribution in [-0.2, 0) is 29.1 Å². The van der Waals surface area contributed by atoms with Crippen LogP contribution in [-0.4, -0.2) is 84.2 Å². The van der Waals surface area contributed by atoms with Gasteiger partial charge in [-0.15, -0.1) is 6.58 Å². The standard InChI is InChI=1S/C38H37N7O4/c1-2-20-42-26-35(47)44-32(22-27-14-16-31(46)17-15-27)37(48)41(25-34(44)45(42)38(49)40-23-28-9-4-3-5-10-28)24-30-12-8-11-29-18-21-43(36(29)30)33-13-6-7-19-39-33/h2-19,21,32,34,46H,1,20,22-26H2,(H,40,49)/t32-,34-/m0/s1. The Hall–Kier alpha value is -5.94. The lowest BCUT2D eigenvalue weighted by molar-refractivity contribution is -0.189. The summed E-state index contributed by atoms with van der Waals surface area (Å²) in [5, 5.41) is 17.2. The number of benzene rings is 3. The first-order valence-corrected chi connectivity index (χ1v) is 16.3. The zero-order chi connectivity index (χ0) is 33.9. The van der Waals surface area contributed by atoms with Crippen LogP contribution in [0.1, 0.15) is 16.7 Å². The first kappa shape index (κ1) is 31.6. The van der Waals surface area contributed by atoms with E-state index in [2.05, 4.69) is 16.9 Å². The van der Waals surface area contributed by atoms with Crippen LogP contribution in [0.4, 0.5) is 4.79 Å². The molecule has 2 atom stereocenters. The second kappa shape index (κ2) is 13.7. The molecule has 11 heteroatoms. The number of amides is 4. The molecule has 0 bridgehead atoms. The van der Waals surface area contributed by atoms with E-state index in [-0.39, 0.29) is 56.2 Å². The lowest BCUT2D eigenvalue weighted by Crippen LogP contribution is -2.76. The van der Waals surface area contributed by atoms with Gasteiger partial charge in [-0.2, -0.15) is 0 Å². The molecule has 248 valence electrons. The van der Waals surface area contributed by atoms with Crippen LogP contribution >= 0.6 is 0 Å². The maximum absolute atomic E-state index is 14.5. The molecule has 2 aromatic heterocycles. The Morgan fingerprint density at radius 2 is 1.73 bits per heavy atom. The predicted octanol–water partition coefficient (Wildman–Crippen LogP) is 4.47. The van der Waals surface area contributed by atoms with E-state index in [0.717, 1.165) is 33.4 Å². The number of urea groups is 1. The molecule has 4 amide bonds. The van der Waals surface area contributed by atoms with Crippen LogP contribution in [0, 0.1) is 0 Å². The van der Waals surface area contributed by atoms with Crippen LogP contribution in [0.5, 0.6) is 5.75 Å². The zero-order valence-electron chi connectivity index (χ0n) is 26.9. The predicted molar refractivity (Wildman–Crippen MR) is 185 cm³/mol. The molecule has 2 fully saturated rings. The molecular formula is C38H37N7O4. The van der Waals surface area contributed by atoms with E-state index in [4.69, 9.17) is 0 Å². The van der Waals surface area contributed by atoms with Gasteiger partial charge in [-0.1, -0.05) is 72.8 Å². The average Bonchev–Trinajstić information content (AvgIpc) is 3.56. The molecule has 49 heavy (non-hydrogen) atoms. The minimum Gasteiger partial charge on any atom is -0.508 e. The highest BCUT2D eigenvalue weighted by Crippen LogP contribution is 2.31. The second-order valence-corrected chi connectivity index (χ2v) is 12.2. The van der Waals surface area contributed by atoms with Crippen LogP contribution in [0.3, 0.4) is 0 Å². The molecule has 2 saturated heterocycles. The lowest BCUT2D eigenvalue weighted by Gasteiger charge is -2.55. The minimum absolute atomic E-state index is 0.0858. The molecule has 0 unspecified atom stereocenters. The summed E-state index contributed by atoms with van der Waals surface area (Å²) in [5.74, 6) is 0.400. The van der Waals surface area contributed by atoms with Crippen LogP contribution in [0.25, 0.3) is 16.7 Å². The number of nitrogens with one attached hydrogen (secondary N) is 1. The van der Waals surface area contributed by atoms with Crippen LogP contribution < -0.4 is 5.32 Å². The van der Waals surface area contributed by atoms with E-state index in [9.17, 15) is 19.5 Å². The fourth-order valence-electron chi connectivity index (χ4n) is 6.84. The third-order valence-electron chi connectivity index (χ3n) is 9.08. The summed E-state index contributed by atoms with van der Waals surface area (Å²) in [7, 11) is 0. The van der Waals surface area contributed by atoms with Crippen molar-refractivity contribution in [3.8, 4) is 11.6 Å². The molecular weight excluding hydrogens is 618 g/mol. The number of hydrazine groups is 1. The number of phenolic OH excluding ortho intramolecular Hbond substituents is 1. The van der Waals surface area contributed by atoms with Gasteiger partial charge in [-0.05, 0) is 47.0 Å². The number of aromatic hydroxyl groups is 1. The van der Waals surface area contributed by atoms with Crippen molar-refractivity contribution in [2.45, 2.75) is 31.7 Å². The summed E-state index contributed by atoms with van der Waals surface area (Å²) >= 11 is 0. The van der Waals surface area contributed by atoms with Gasteiger partial charge in [0.2, 0.25) is 11.8 Å². The van der Waals surface area contributed by atoms with Gasteiger partial charge in [0, 0.05) is 43.8 Å². The van der Waals surface area contributed by atoms with Crippen molar-refractivity contribution >= 4 is 28.7 Å². The maximum atomic E-state index is 14.5. The highest BCUT2D eigenvalue weighted by molar-refractivity contribution is 5.92. The molecule has 0 spiro atoms. The molecule has 2 N–H and O–H groups in total. The van der Waals surface area contributed by atoms with Crippen LogP contribution in [0.2, 0.25) is 0 Å². The quantitative estimate of drug-likeness (QED) is 0.227. The normalized spacial score (nSPS) is 18.1. The Kier molecular flexibility index (Phi) is 8.82. The van der Waals surface area contributed by atoms with E-state index in [0.29, 0.717) is 6.54 Å². The number of hydrogen-bond donors (Lipinski definition) is 2. The Morgan fingerprint density at radius 1 is 0.939 bits per heavy atom. The van der Waals surface area contributed by atoms with E-state index in [1.165, 1.54) is 0 Å². The number of aromatic nitrogens is 2. The van der Waals surface area contributed by atoms with Crippen molar-refractivity contribution in [1.29, 1.82) is 0 Å². The molecule has 7 rings (SSSR count). The largest absolute Gasteiger partial charge is 0.508 e. The van der Waals surface area contributed by atoms with Gasteiger partial charge in [0.15, 0.2) is 0 Å². The highest BCUT2D eigenvalue weighted by atomic mass is 16.3.